The molecule has 2 rings (SSSR count). The molecule has 21 heavy (non-hydrogen) atoms. The zero-order valence-electron chi connectivity index (χ0n) is 13.5. The van der Waals surface area contributed by atoms with E-state index in [0.717, 1.165) is 12.8 Å². The molecule has 0 aliphatic carbocycles. The van der Waals surface area contributed by atoms with Crippen LogP contribution in [0.15, 0.2) is 48.5 Å². The molecule has 2 aromatic rings. The van der Waals surface area contributed by atoms with Crippen molar-refractivity contribution in [2.45, 2.75) is 51.3 Å². The SMILES string of the molecule is CCC(C)(C)c1ccc(C(Cl)Cc2cccc(C)c2)cc1. The predicted molar refractivity (Wildman–Crippen MR) is 93.2 cm³/mol. The Balaban J connectivity index is 2.11. The van der Waals surface area contributed by atoms with E-state index < -0.39 is 0 Å². The van der Waals surface area contributed by atoms with Crippen LogP contribution in [0.2, 0.25) is 0 Å². The van der Waals surface area contributed by atoms with Crippen molar-refractivity contribution in [3.05, 3.63) is 70.8 Å². The van der Waals surface area contributed by atoms with Crippen LogP contribution < -0.4 is 0 Å². The van der Waals surface area contributed by atoms with Gasteiger partial charge in [0.2, 0.25) is 0 Å². The van der Waals surface area contributed by atoms with Crippen LogP contribution in [0.3, 0.4) is 0 Å². The summed E-state index contributed by atoms with van der Waals surface area (Å²) < 4.78 is 0. The van der Waals surface area contributed by atoms with E-state index in [1.54, 1.807) is 0 Å². The lowest BCUT2D eigenvalue weighted by molar-refractivity contribution is 0.506. The molecule has 0 fully saturated rings. The molecule has 0 spiro atoms. The van der Waals surface area contributed by atoms with E-state index in [1.165, 1.54) is 22.3 Å². The quantitative estimate of drug-likeness (QED) is 0.576. The molecule has 0 aromatic heterocycles. The van der Waals surface area contributed by atoms with Crippen LogP contribution in [0.4, 0.5) is 0 Å². The topological polar surface area (TPSA) is 0 Å². The highest BCUT2D eigenvalue weighted by Crippen LogP contribution is 2.30. The molecule has 0 bridgehead atoms. The van der Waals surface area contributed by atoms with Crippen molar-refractivity contribution in [3.63, 3.8) is 0 Å². The third kappa shape index (κ3) is 4.11. The van der Waals surface area contributed by atoms with Crippen molar-refractivity contribution < 1.29 is 0 Å². The highest BCUT2D eigenvalue weighted by Gasteiger charge is 2.18. The zero-order valence-corrected chi connectivity index (χ0v) is 14.2. The molecular weight excluding hydrogens is 276 g/mol. The molecule has 0 N–H and O–H groups in total. The molecule has 0 saturated carbocycles. The molecule has 0 aliphatic rings. The first kappa shape index (κ1) is 16.1. The van der Waals surface area contributed by atoms with Gasteiger partial charge in [0.05, 0.1) is 5.38 Å². The molecule has 0 radical (unpaired) electrons. The molecule has 112 valence electrons. The molecule has 0 saturated heterocycles. The number of hydrogen-bond donors (Lipinski definition) is 0. The first-order chi connectivity index (χ1) is 9.92. The molecule has 0 aliphatic heterocycles. The van der Waals surface area contributed by atoms with Crippen LogP contribution >= 0.6 is 11.6 Å². The Bertz CT molecular complexity index is 581. The second kappa shape index (κ2) is 6.66. The minimum absolute atomic E-state index is 0.0330. The largest absolute Gasteiger partial charge is 0.117 e. The normalized spacial score (nSPS) is 13.2. The summed E-state index contributed by atoms with van der Waals surface area (Å²) in [5.74, 6) is 0. The Kier molecular flexibility index (Phi) is 5.11. The number of hydrogen-bond acceptors (Lipinski definition) is 0. The Morgan fingerprint density at radius 3 is 2.29 bits per heavy atom. The van der Waals surface area contributed by atoms with Gasteiger partial charge < -0.3 is 0 Å². The van der Waals surface area contributed by atoms with E-state index in [4.69, 9.17) is 11.6 Å². The van der Waals surface area contributed by atoms with Gasteiger partial charge in [-0.3, -0.25) is 0 Å². The van der Waals surface area contributed by atoms with Crippen LogP contribution in [-0.4, -0.2) is 0 Å². The van der Waals surface area contributed by atoms with Gasteiger partial charge in [0.1, 0.15) is 0 Å². The summed E-state index contributed by atoms with van der Waals surface area (Å²) in [5, 5.41) is 0.0330. The van der Waals surface area contributed by atoms with Crippen LogP contribution in [0.25, 0.3) is 0 Å². The van der Waals surface area contributed by atoms with E-state index in [0.29, 0.717) is 0 Å². The Morgan fingerprint density at radius 1 is 1.05 bits per heavy atom. The van der Waals surface area contributed by atoms with Gasteiger partial charge in [0.25, 0.3) is 0 Å². The van der Waals surface area contributed by atoms with Gasteiger partial charge in [-0.15, -0.1) is 11.6 Å². The average molecular weight is 301 g/mol. The zero-order chi connectivity index (χ0) is 15.5. The fourth-order valence-electron chi connectivity index (χ4n) is 2.51. The third-order valence-electron chi connectivity index (χ3n) is 4.44. The van der Waals surface area contributed by atoms with E-state index >= 15 is 0 Å². The number of aryl methyl sites for hydroxylation is 1. The molecule has 2 aromatic carbocycles. The minimum Gasteiger partial charge on any atom is -0.117 e. The standard InChI is InChI=1S/C20H25Cl/c1-5-20(3,4)18-11-9-17(10-12-18)19(21)14-16-8-6-7-15(2)13-16/h6-13,19H,5,14H2,1-4H3. The van der Waals surface area contributed by atoms with Crippen LogP contribution in [0.1, 0.15) is 54.8 Å². The summed E-state index contributed by atoms with van der Waals surface area (Å²) in [6, 6.07) is 17.4. The summed E-state index contributed by atoms with van der Waals surface area (Å²) in [5.41, 5.74) is 5.41. The fraction of sp³-hybridized carbons (Fsp3) is 0.400. The van der Waals surface area contributed by atoms with Crippen molar-refractivity contribution in [2.75, 3.05) is 0 Å². The van der Waals surface area contributed by atoms with Crippen LogP contribution in [-0.2, 0) is 11.8 Å². The van der Waals surface area contributed by atoms with Gasteiger partial charge in [-0.25, -0.2) is 0 Å². The van der Waals surface area contributed by atoms with Gasteiger partial charge in [-0.1, -0.05) is 74.9 Å². The maximum Gasteiger partial charge on any atom is 0.0625 e. The lowest BCUT2D eigenvalue weighted by Gasteiger charge is -2.23. The summed E-state index contributed by atoms with van der Waals surface area (Å²) >= 11 is 6.59. The van der Waals surface area contributed by atoms with Gasteiger partial charge in [-0.05, 0) is 41.9 Å². The van der Waals surface area contributed by atoms with E-state index in [1.807, 2.05) is 0 Å². The van der Waals surface area contributed by atoms with Gasteiger partial charge in [-0.2, -0.15) is 0 Å². The summed E-state index contributed by atoms with van der Waals surface area (Å²) in [7, 11) is 0. The van der Waals surface area contributed by atoms with Crippen molar-refractivity contribution >= 4 is 11.6 Å². The fourth-order valence-corrected chi connectivity index (χ4v) is 2.83. The molecule has 0 heterocycles. The summed E-state index contributed by atoms with van der Waals surface area (Å²) in [6.45, 7) is 8.92. The Hall–Kier alpha value is -1.27. The van der Waals surface area contributed by atoms with Crippen LogP contribution in [0, 0.1) is 6.92 Å². The van der Waals surface area contributed by atoms with Gasteiger partial charge in [0, 0.05) is 0 Å². The van der Waals surface area contributed by atoms with E-state index in [2.05, 4.69) is 76.2 Å². The second-order valence-corrected chi connectivity index (χ2v) is 7.05. The molecule has 1 heteroatoms. The average Bonchev–Trinajstić information content (AvgIpc) is 2.47. The van der Waals surface area contributed by atoms with Crippen molar-refractivity contribution in [1.82, 2.24) is 0 Å². The number of halogens is 1. The Morgan fingerprint density at radius 2 is 1.71 bits per heavy atom. The van der Waals surface area contributed by atoms with Gasteiger partial charge in [0.15, 0.2) is 0 Å². The van der Waals surface area contributed by atoms with Crippen LogP contribution in [0.5, 0.6) is 0 Å². The van der Waals surface area contributed by atoms with E-state index in [9.17, 15) is 0 Å². The number of alkyl halides is 1. The lowest BCUT2D eigenvalue weighted by atomic mass is 9.82. The third-order valence-corrected chi connectivity index (χ3v) is 4.84. The first-order valence-corrected chi connectivity index (χ1v) is 8.16. The maximum absolute atomic E-state index is 6.59. The molecule has 0 nitrogen and oxygen atoms in total. The molecular formula is C20H25Cl. The van der Waals surface area contributed by atoms with Crippen molar-refractivity contribution in [2.24, 2.45) is 0 Å². The smallest absolute Gasteiger partial charge is 0.0625 e. The highest BCUT2D eigenvalue weighted by molar-refractivity contribution is 6.20. The van der Waals surface area contributed by atoms with E-state index in [-0.39, 0.29) is 10.8 Å². The Labute approximate surface area is 134 Å². The summed E-state index contributed by atoms with van der Waals surface area (Å²) in [6.07, 6.45) is 2.01. The summed E-state index contributed by atoms with van der Waals surface area (Å²) in [4.78, 5) is 0. The monoisotopic (exact) mass is 300 g/mol. The highest BCUT2D eigenvalue weighted by atomic mass is 35.5. The number of benzene rings is 2. The second-order valence-electron chi connectivity index (χ2n) is 6.52. The van der Waals surface area contributed by atoms with Gasteiger partial charge >= 0.3 is 0 Å². The molecule has 1 atom stereocenters. The number of rotatable bonds is 5. The molecule has 1 unspecified atom stereocenters. The predicted octanol–water partition coefficient (Wildman–Crippen LogP) is 6.21. The minimum atomic E-state index is 0.0330. The van der Waals surface area contributed by atoms with Crippen molar-refractivity contribution in [3.8, 4) is 0 Å². The lowest BCUT2D eigenvalue weighted by Crippen LogP contribution is -2.15. The maximum atomic E-state index is 6.59. The van der Waals surface area contributed by atoms with Crippen molar-refractivity contribution in [1.29, 1.82) is 0 Å². The first-order valence-electron chi connectivity index (χ1n) is 7.72. The molecule has 0 amide bonds.